The van der Waals surface area contributed by atoms with Gasteiger partial charge in [0.05, 0.1) is 29.5 Å². The highest BCUT2D eigenvalue weighted by molar-refractivity contribution is 7.92. The standard InChI is InChI=1S/C23H23ClN2O6S/c1-3-31-21-11-8-15(12-22(21)32-4-2)23(28)25-19-14-18(9-10-20(19)27)33(29,30)26-17-7-5-6-16(24)13-17/h5-14,26-27H,3-4H2,1-2H3,(H,25,28). The number of anilines is 2. The van der Waals surface area contributed by atoms with Gasteiger partial charge in [0.2, 0.25) is 0 Å². The van der Waals surface area contributed by atoms with Crippen molar-refractivity contribution in [1.29, 1.82) is 0 Å². The van der Waals surface area contributed by atoms with Crippen molar-refractivity contribution in [2.45, 2.75) is 18.7 Å². The Morgan fingerprint density at radius 2 is 1.70 bits per heavy atom. The van der Waals surface area contributed by atoms with Gasteiger partial charge in [0.1, 0.15) is 5.75 Å². The number of rotatable bonds is 9. The number of carbonyl (C=O) groups is 1. The van der Waals surface area contributed by atoms with Gasteiger partial charge in [-0.05, 0) is 68.4 Å². The zero-order valence-electron chi connectivity index (χ0n) is 18.0. The minimum atomic E-state index is -4.00. The van der Waals surface area contributed by atoms with Gasteiger partial charge < -0.3 is 19.9 Å². The highest BCUT2D eigenvalue weighted by Crippen LogP contribution is 2.31. The summed E-state index contributed by atoms with van der Waals surface area (Å²) in [7, 11) is -4.00. The predicted molar refractivity (Wildman–Crippen MR) is 127 cm³/mol. The van der Waals surface area contributed by atoms with Crippen LogP contribution < -0.4 is 19.5 Å². The lowest BCUT2D eigenvalue weighted by atomic mass is 10.1. The Hall–Kier alpha value is -3.43. The maximum Gasteiger partial charge on any atom is 0.261 e. The third kappa shape index (κ3) is 6.09. The van der Waals surface area contributed by atoms with E-state index in [4.69, 9.17) is 21.1 Å². The minimum Gasteiger partial charge on any atom is -0.506 e. The van der Waals surface area contributed by atoms with Crippen molar-refractivity contribution in [2.24, 2.45) is 0 Å². The van der Waals surface area contributed by atoms with Crippen molar-refractivity contribution in [3.63, 3.8) is 0 Å². The van der Waals surface area contributed by atoms with Crippen molar-refractivity contribution < 1.29 is 27.8 Å². The summed E-state index contributed by atoms with van der Waals surface area (Å²) in [5.74, 6) is 0.0462. The van der Waals surface area contributed by atoms with Gasteiger partial charge in [0.25, 0.3) is 15.9 Å². The van der Waals surface area contributed by atoms with E-state index in [1.165, 1.54) is 24.3 Å². The molecule has 174 valence electrons. The molecule has 3 aromatic rings. The molecule has 0 aliphatic heterocycles. The molecule has 3 N–H and O–H groups in total. The molecule has 3 aromatic carbocycles. The summed E-state index contributed by atoms with van der Waals surface area (Å²) in [6.45, 7) is 4.46. The smallest absolute Gasteiger partial charge is 0.261 e. The summed E-state index contributed by atoms with van der Waals surface area (Å²) >= 11 is 5.91. The van der Waals surface area contributed by atoms with E-state index in [2.05, 4.69) is 10.0 Å². The molecule has 33 heavy (non-hydrogen) atoms. The normalized spacial score (nSPS) is 11.0. The fourth-order valence-corrected chi connectivity index (χ4v) is 4.20. The van der Waals surface area contributed by atoms with Gasteiger partial charge >= 0.3 is 0 Å². The third-order valence-corrected chi connectivity index (χ3v) is 6.02. The first-order valence-corrected chi connectivity index (χ1v) is 11.9. The highest BCUT2D eigenvalue weighted by Gasteiger charge is 2.19. The summed E-state index contributed by atoms with van der Waals surface area (Å²) in [5.41, 5.74) is 0.450. The molecule has 10 heteroatoms. The van der Waals surface area contributed by atoms with Crippen molar-refractivity contribution in [3.8, 4) is 17.2 Å². The first-order valence-electron chi connectivity index (χ1n) is 10.1. The second-order valence-corrected chi connectivity index (χ2v) is 8.90. The molecular formula is C23H23ClN2O6S. The van der Waals surface area contributed by atoms with E-state index in [1.807, 2.05) is 13.8 Å². The number of nitrogens with one attached hydrogen (secondary N) is 2. The molecule has 8 nitrogen and oxygen atoms in total. The van der Waals surface area contributed by atoms with E-state index in [1.54, 1.807) is 30.3 Å². The second-order valence-electron chi connectivity index (χ2n) is 6.78. The quantitative estimate of drug-likeness (QED) is 0.368. The number of aromatic hydroxyl groups is 1. The number of benzene rings is 3. The molecule has 3 rings (SSSR count). The van der Waals surface area contributed by atoms with Crippen LogP contribution in [0.1, 0.15) is 24.2 Å². The zero-order chi connectivity index (χ0) is 24.0. The first kappa shape index (κ1) is 24.2. The largest absolute Gasteiger partial charge is 0.506 e. The maximum absolute atomic E-state index is 12.8. The van der Waals surface area contributed by atoms with Gasteiger partial charge in [-0.25, -0.2) is 8.42 Å². The Morgan fingerprint density at radius 3 is 2.39 bits per heavy atom. The number of sulfonamides is 1. The van der Waals surface area contributed by atoms with Crippen LogP contribution in [0.5, 0.6) is 17.2 Å². The van der Waals surface area contributed by atoms with E-state index < -0.39 is 15.9 Å². The maximum atomic E-state index is 12.8. The average molecular weight is 491 g/mol. The fourth-order valence-electron chi connectivity index (χ4n) is 2.94. The van der Waals surface area contributed by atoms with Crippen LogP contribution in [0, 0.1) is 0 Å². The summed E-state index contributed by atoms with van der Waals surface area (Å²) in [4.78, 5) is 12.6. The summed E-state index contributed by atoms with van der Waals surface area (Å²) in [6, 6.07) is 14.5. The number of hydrogen-bond acceptors (Lipinski definition) is 6. The van der Waals surface area contributed by atoms with Crippen LogP contribution in [0.25, 0.3) is 0 Å². The fraction of sp³-hybridized carbons (Fsp3) is 0.174. The molecule has 1 amide bonds. The second kappa shape index (κ2) is 10.5. The zero-order valence-corrected chi connectivity index (χ0v) is 19.5. The lowest BCUT2D eigenvalue weighted by Gasteiger charge is -2.14. The van der Waals surface area contributed by atoms with Gasteiger partial charge in [-0.2, -0.15) is 0 Å². The van der Waals surface area contributed by atoms with Crippen LogP contribution in [0.15, 0.2) is 65.6 Å². The lowest BCUT2D eigenvalue weighted by Crippen LogP contribution is -2.15. The molecule has 0 aromatic heterocycles. The number of phenolic OH excluding ortho intramolecular Hbond substituents is 1. The molecular weight excluding hydrogens is 468 g/mol. The Morgan fingerprint density at radius 1 is 0.970 bits per heavy atom. The van der Waals surface area contributed by atoms with Crippen LogP contribution >= 0.6 is 11.6 Å². The molecule has 0 unspecified atom stereocenters. The minimum absolute atomic E-state index is 0.0687. The molecule has 0 spiro atoms. The van der Waals surface area contributed by atoms with Crippen molar-refractivity contribution >= 4 is 38.9 Å². The topological polar surface area (TPSA) is 114 Å². The Bertz CT molecular complexity index is 1260. The molecule has 0 saturated heterocycles. The summed E-state index contributed by atoms with van der Waals surface area (Å²) in [6.07, 6.45) is 0. The molecule has 0 aliphatic carbocycles. The van der Waals surface area contributed by atoms with Gasteiger partial charge in [0, 0.05) is 10.6 Å². The number of halogens is 1. The predicted octanol–water partition coefficient (Wildman–Crippen LogP) is 4.90. The SMILES string of the molecule is CCOc1ccc(C(=O)Nc2cc(S(=O)(=O)Nc3cccc(Cl)c3)ccc2O)cc1OCC. The van der Waals surface area contributed by atoms with Crippen LogP contribution in [0.2, 0.25) is 5.02 Å². The molecule has 0 aliphatic rings. The lowest BCUT2D eigenvalue weighted by molar-refractivity contribution is 0.102. The van der Waals surface area contributed by atoms with E-state index >= 15 is 0 Å². The number of ether oxygens (including phenoxy) is 2. The molecule has 0 heterocycles. The summed E-state index contributed by atoms with van der Waals surface area (Å²) < 4.78 is 39.0. The van der Waals surface area contributed by atoms with Crippen molar-refractivity contribution in [3.05, 3.63) is 71.2 Å². The molecule has 0 atom stereocenters. The highest BCUT2D eigenvalue weighted by atomic mass is 35.5. The van der Waals surface area contributed by atoms with Crippen molar-refractivity contribution in [1.82, 2.24) is 0 Å². The van der Waals surface area contributed by atoms with E-state index in [0.29, 0.717) is 29.7 Å². The van der Waals surface area contributed by atoms with Gasteiger partial charge in [-0.1, -0.05) is 17.7 Å². The van der Waals surface area contributed by atoms with Crippen LogP contribution in [0.3, 0.4) is 0 Å². The average Bonchev–Trinajstić information content (AvgIpc) is 2.76. The summed E-state index contributed by atoms with van der Waals surface area (Å²) in [5, 5.41) is 13.1. The van der Waals surface area contributed by atoms with Crippen LogP contribution in [0.4, 0.5) is 11.4 Å². The molecule has 0 bridgehead atoms. The van der Waals surface area contributed by atoms with Gasteiger partial charge in [-0.15, -0.1) is 0 Å². The van der Waals surface area contributed by atoms with Crippen LogP contribution in [-0.4, -0.2) is 32.6 Å². The number of carbonyl (C=O) groups excluding carboxylic acids is 1. The Labute approximate surface area is 197 Å². The van der Waals surface area contributed by atoms with E-state index in [-0.39, 0.29) is 27.6 Å². The Kier molecular flexibility index (Phi) is 7.67. The first-order chi connectivity index (χ1) is 15.7. The van der Waals surface area contributed by atoms with E-state index in [0.717, 1.165) is 6.07 Å². The number of phenols is 1. The Balaban J connectivity index is 1.85. The third-order valence-electron chi connectivity index (χ3n) is 4.41. The van der Waals surface area contributed by atoms with Gasteiger partial charge in [0.15, 0.2) is 11.5 Å². The van der Waals surface area contributed by atoms with E-state index in [9.17, 15) is 18.3 Å². The molecule has 0 saturated carbocycles. The number of hydrogen-bond donors (Lipinski definition) is 3. The van der Waals surface area contributed by atoms with Gasteiger partial charge in [-0.3, -0.25) is 9.52 Å². The molecule has 0 radical (unpaired) electrons. The molecule has 0 fully saturated rings. The number of amides is 1. The van der Waals surface area contributed by atoms with Crippen LogP contribution in [-0.2, 0) is 10.0 Å². The monoisotopic (exact) mass is 490 g/mol. The van der Waals surface area contributed by atoms with Crippen molar-refractivity contribution in [2.75, 3.05) is 23.3 Å².